The highest BCUT2D eigenvalue weighted by Gasteiger charge is 2.13. The number of nitrogens with one attached hydrogen (secondary N) is 1. The fourth-order valence-corrected chi connectivity index (χ4v) is 2.19. The summed E-state index contributed by atoms with van der Waals surface area (Å²) in [6, 6.07) is 18.4. The van der Waals surface area contributed by atoms with Gasteiger partial charge in [0.15, 0.2) is 0 Å². The van der Waals surface area contributed by atoms with Crippen molar-refractivity contribution < 1.29 is 4.74 Å². The lowest BCUT2D eigenvalue weighted by Gasteiger charge is -2.14. The second kappa shape index (κ2) is 5.02. The van der Waals surface area contributed by atoms with Gasteiger partial charge in [0.2, 0.25) is 0 Å². The first-order valence-electron chi connectivity index (χ1n) is 6.26. The summed E-state index contributed by atoms with van der Waals surface area (Å²) in [6.07, 6.45) is 4.07. The Kier molecular flexibility index (Phi) is 3.07. The van der Waals surface area contributed by atoms with Crippen molar-refractivity contribution in [2.24, 2.45) is 0 Å². The molecule has 0 radical (unpaired) electrons. The van der Waals surface area contributed by atoms with Crippen LogP contribution in [0.2, 0.25) is 0 Å². The minimum absolute atomic E-state index is 0.836. The summed E-state index contributed by atoms with van der Waals surface area (Å²) < 4.78 is 5.50. The Morgan fingerprint density at radius 1 is 0.842 bits per heavy atom. The minimum atomic E-state index is 0.836. The molecular formula is C17H15NO. The maximum atomic E-state index is 5.50. The van der Waals surface area contributed by atoms with Crippen LogP contribution < -0.4 is 5.32 Å². The summed E-state index contributed by atoms with van der Waals surface area (Å²) in [6.45, 7) is 0. The van der Waals surface area contributed by atoms with Crippen molar-refractivity contribution in [2.45, 2.75) is 0 Å². The number of hydrogen-bond donors (Lipinski definition) is 1. The molecule has 2 aromatic carbocycles. The zero-order valence-corrected chi connectivity index (χ0v) is 10.8. The van der Waals surface area contributed by atoms with E-state index in [0.29, 0.717) is 0 Å². The number of fused-ring (bicyclic) bond motifs is 1. The molecule has 94 valence electrons. The smallest absolute Gasteiger partial charge is 0.142 e. The molecule has 0 aromatic heterocycles. The Bertz CT molecular complexity index is 641. The first kappa shape index (κ1) is 11.6. The van der Waals surface area contributed by atoms with Gasteiger partial charge in [-0.25, -0.2) is 0 Å². The highest BCUT2D eigenvalue weighted by atomic mass is 16.5. The van der Waals surface area contributed by atoms with Gasteiger partial charge < -0.3 is 10.1 Å². The van der Waals surface area contributed by atoms with Crippen LogP contribution in [0.25, 0.3) is 11.8 Å². The Labute approximate surface area is 113 Å². The van der Waals surface area contributed by atoms with E-state index in [1.165, 1.54) is 0 Å². The van der Waals surface area contributed by atoms with Crippen molar-refractivity contribution in [2.75, 3.05) is 12.4 Å². The van der Waals surface area contributed by atoms with Gasteiger partial charge in [-0.2, -0.15) is 0 Å². The average Bonchev–Trinajstić information content (AvgIpc) is 2.67. The molecular weight excluding hydrogens is 234 g/mol. The molecule has 0 amide bonds. The van der Waals surface area contributed by atoms with Crippen LogP contribution in [0.4, 0.5) is 5.69 Å². The molecule has 2 nitrogen and oxygen atoms in total. The zero-order chi connectivity index (χ0) is 13.1. The number of hydrogen-bond acceptors (Lipinski definition) is 2. The number of ether oxygens (including phenoxy) is 1. The van der Waals surface area contributed by atoms with E-state index in [-0.39, 0.29) is 0 Å². The highest BCUT2D eigenvalue weighted by molar-refractivity contribution is 5.86. The molecule has 1 aliphatic rings. The van der Waals surface area contributed by atoms with Crippen LogP contribution in [0.5, 0.6) is 0 Å². The number of methoxy groups -OCH3 is 1. The molecule has 1 heterocycles. The third-order valence-electron chi connectivity index (χ3n) is 3.16. The van der Waals surface area contributed by atoms with E-state index >= 15 is 0 Å². The number of benzene rings is 2. The molecule has 3 rings (SSSR count). The third kappa shape index (κ3) is 2.25. The normalized spacial score (nSPS) is 13.5. The van der Waals surface area contributed by atoms with Crippen LogP contribution in [0.1, 0.15) is 11.1 Å². The molecule has 0 fully saturated rings. The Hall–Kier alpha value is -2.48. The van der Waals surface area contributed by atoms with Crippen molar-refractivity contribution in [3.8, 4) is 0 Å². The quantitative estimate of drug-likeness (QED) is 0.863. The highest BCUT2D eigenvalue weighted by Crippen LogP contribution is 2.29. The first-order valence-corrected chi connectivity index (χ1v) is 6.26. The molecule has 0 aliphatic carbocycles. The van der Waals surface area contributed by atoms with Gasteiger partial charge in [0.25, 0.3) is 0 Å². The largest absolute Gasteiger partial charge is 0.495 e. The van der Waals surface area contributed by atoms with Gasteiger partial charge in [-0.3, -0.25) is 0 Å². The SMILES string of the molecule is COC1=C(c2ccccc2)Nc2ccccc2C=C1. The van der Waals surface area contributed by atoms with Crippen LogP contribution in [-0.2, 0) is 4.74 Å². The fraction of sp³-hybridized carbons (Fsp3) is 0.0588. The number of para-hydroxylation sites is 1. The second-order valence-corrected chi connectivity index (χ2v) is 4.35. The van der Waals surface area contributed by atoms with Gasteiger partial charge in [-0.15, -0.1) is 0 Å². The van der Waals surface area contributed by atoms with Crippen molar-refractivity contribution in [1.29, 1.82) is 0 Å². The van der Waals surface area contributed by atoms with E-state index in [2.05, 4.69) is 35.7 Å². The average molecular weight is 249 g/mol. The van der Waals surface area contributed by atoms with Gasteiger partial charge in [-0.1, -0.05) is 48.5 Å². The fourth-order valence-electron chi connectivity index (χ4n) is 2.19. The van der Waals surface area contributed by atoms with Crippen molar-refractivity contribution in [3.05, 3.63) is 77.6 Å². The van der Waals surface area contributed by atoms with Crippen molar-refractivity contribution in [1.82, 2.24) is 0 Å². The molecule has 19 heavy (non-hydrogen) atoms. The summed E-state index contributed by atoms with van der Waals surface area (Å²) in [5.41, 5.74) is 4.35. The van der Waals surface area contributed by atoms with E-state index in [9.17, 15) is 0 Å². The standard InChI is InChI=1S/C17H15NO/c1-19-16-12-11-13-7-5-6-10-15(13)18-17(16)14-8-3-2-4-9-14/h2-12,18H,1H3. The zero-order valence-electron chi connectivity index (χ0n) is 10.8. The van der Waals surface area contributed by atoms with E-state index in [1.54, 1.807) is 7.11 Å². The lowest BCUT2D eigenvalue weighted by atomic mass is 10.1. The summed E-state index contributed by atoms with van der Waals surface area (Å²) in [7, 11) is 1.69. The van der Waals surface area contributed by atoms with Crippen LogP contribution in [0, 0.1) is 0 Å². The summed E-state index contributed by atoms with van der Waals surface area (Å²) in [5.74, 6) is 0.836. The molecule has 0 atom stereocenters. The number of allylic oxidation sites excluding steroid dienone is 1. The van der Waals surface area contributed by atoms with Crippen LogP contribution in [-0.4, -0.2) is 7.11 Å². The lowest BCUT2D eigenvalue weighted by Crippen LogP contribution is -2.02. The van der Waals surface area contributed by atoms with Crippen LogP contribution >= 0.6 is 0 Å². The topological polar surface area (TPSA) is 21.3 Å². The second-order valence-electron chi connectivity index (χ2n) is 4.35. The lowest BCUT2D eigenvalue weighted by molar-refractivity contribution is 0.309. The summed E-state index contributed by atoms with van der Waals surface area (Å²) in [4.78, 5) is 0. The van der Waals surface area contributed by atoms with Gasteiger partial charge in [-0.05, 0) is 23.8 Å². The molecule has 1 N–H and O–H groups in total. The van der Waals surface area contributed by atoms with E-state index < -0.39 is 0 Å². The summed E-state index contributed by atoms with van der Waals surface area (Å²) >= 11 is 0. The predicted molar refractivity (Wildman–Crippen MR) is 79.5 cm³/mol. The maximum absolute atomic E-state index is 5.50. The maximum Gasteiger partial charge on any atom is 0.142 e. The first-order chi connectivity index (χ1) is 9.38. The Morgan fingerprint density at radius 3 is 2.37 bits per heavy atom. The van der Waals surface area contributed by atoms with Crippen LogP contribution in [0.3, 0.4) is 0 Å². The molecule has 0 spiro atoms. The van der Waals surface area contributed by atoms with Crippen LogP contribution in [0.15, 0.2) is 66.4 Å². The molecule has 1 aliphatic heterocycles. The number of anilines is 1. The Morgan fingerprint density at radius 2 is 1.58 bits per heavy atom. The minimum Gasteiger partial charge on any atom is -0.495 e. The monoisotopic (exact) mass is 249 g/mol. The van der Waals surface area contributed by atoms with Gasteiger partial charge in [0.1, 0.15) is 5.76 Å². The van der Waals surface area contributed by atoms with E-state index in [4.69, 9.17) is 4.74 Å². The van der Waals surface area contributed by atoms with Gasteiger partial charge >= 0.3 is 0 Å². The molecule has 2 heteroatoms. The molecule has 0 unspecified atom stereocenters. The molecule has 0 bridgehead atoms. The van der Waals surface area contributed by atoms with Crippen molar-refractivity contribution >= 4 is 17.5 Å². The van der Waals surface area contributed by atoms with Gasteiger partial charge in [0.05, 0.1) is 12.8 Å². The molecule has 0 saturated heterocycles. The van der Waals surface area contributed by atoms with Gasteiger partial charge in [0, 0.05) is 11.3 Å². The van der Waals surface area contributed by atoms with Crippen molar-refractivity contribution in [3.63, 3.8) is 0 Å². The third-order valence-corrected chi connectivity index (χ3v) is 3.16. The van der Waals surface area contributed by atoms with E-state index in [1.807, 2.05) is 36.4 Å². The summed E-state index contributed by atoms with van der Waals surface area (Å²) in [5, 5.41) is 3.47. The van der Waals surface area contributed by atoms with E-state index in [0.717, 1.165) is 28.3 Å². The number of rotatable bonds is 2. The molecule has 0 saturated carbocycles. The predicted octanol–water partition coefficient (Wildman–Crippen LogP) is 4.14. The molecule has 2 aromatic rings. The Balaban J connectivity index is 2.12.